The maximum absolute atomic E-state index is 5.51. The largest absolute Gasteiger partial charge is 0.379 e. The average Bonchev–Trinajstić information content (AvgIpc) is 3.18. The van der Waals surface area contributed by atoms with Gasteiger partial charge < -0.3 is 10.1 Å². The van der Waals surface area contributed by atoms with Gasteiger partial charge in [-0.05, 0) is 45.2 Å². The first kappa shape index (κ1) is 13.3. The van der Waals surface area contributed by atoms with E-state index in [4.69, 9.17) is 4.74 Å². The van der Waals surface area contributed by atoms with Crippen molar-refractivity contribution in [3.8, 4) is 0 Å². The summed E-state index contributed by atoms with van der Waals surface area (Å²) in [5.74, 6) is 2.41. The zero-order valence-electron chi connectivity index (χ0n) is 12.0. The van der Waals surface area contributed by atoms with Gasteiger partial charge in [0.15, 0.2) is 11.5 Å². The van der Waals surface area contributed by atoms with Crippen LogP contribution in [0.5, 0.6) is 0 Å². The maximum Gasteiger partial charge on any atom is 0.178 e. The van der Waals surface area contributed by atoms with Crippen LogP contribution >= 0.6 is 0 Å². The standard InChI is InChI=1S/C14H21N5O/c1-10(2)20-9-3-8-15-12-6-7-13-16-17-14(11-4-5-11)19(13)18-12/h6-7,10-11H,3-5,8-9H2,1-2H3,(H,15,18). The van der Waals surface area contributed by atoms with Gasteiger partial charge in [0, 0.05) is 19.1 Å². The summed E-state index contributed by atoms with van der Waals surface area (Å²) in [6, 6.07) is 3.91. The number of hydrogen-bond donors (Lipinski definition) is 1. The van der Waals surface area contributed by atoms with Gasteiger partial charge in [-0.3, -0.25) is 0 Å². The summed E-state index contributed by atoms with van der Waals surface area (Å²) < 4.78 is 7.38. The number of fused-ring (bicyclic) bond motifs is 1. The van der Waals surface area contributed by atoms with E-state index in [0.717, 1.165) is 36.9 Å². The highest BCUT2D eigenvalue weighted by Crippen LogP contribution is 2.38. The molecular weight excluding hydrogens is 254 g/mol. The number of nitrogens with zero attached hydrogens (tertiary/aromatic N) is 4. The molecule has 1 fully saturated rings. The normalized spacial score (nSPS) is 15.2. The van der Waals surface area contributed by atoms with Crippen molar-refractivity contribution in [1.29, 1.82) is 0 Å². The Morgan fingerprint density at radius 1 is 1.35 bits per heavy atom. The average molecular weight is 275 g/mol. The molecule has 1 aliphatic rings. The van der Waals surface area contributed by atoms with E-state index in [9.17, 15) is 0 Å². The summed E-state index contributed by atoms with van der Waals surface area (Å²) >= 11 is 0. The molecule has 1 N–H and O–H groups in total. The van der Waals surface area contributed by atoms with Gasteiger partial charge in [0.2, 0.25) is 0 Å². The summed E-state index contributed by atoms with van der Waals surface area (Å²) in [6.07, 6.45) is 3.66. The van der Waals surface area contributed by atoms with Gasteiger partial charge in [0.25, 0.3) is 0 Å². The van der Waals surface area contributed by atoms with E-state index in [-0.39, 0.29) is 0 Å². The lowest BCUT2D eigenvalue weighted by molar-refractivity contribution is 0.0787. The molecule has 1 aliphatic carbocycles. The summed E-state index contributed by atoms with van der Waals surface area (Å²) in [7, 11) is 0. The zero-order chi connectivity index (χ0) is 13.9. The molecule has 0 radical (unpaired) electrons. The van der Waals surface area contributed by atoms with Crippen LogP contribution in [0.4, 0.5) is 5.82 Å². The third-order valence-corrected chi connectivity index (χ3v) is 3.31. The molecule has 6 heteroatoms. The second-order valence-electron chi connectivity index (χ2n) is 5.52. The molecule has 0 spiro atoms. The number of ether oxygens (including phenoxy) is 1. The Hall–Kier alpha value is -1.69. The molecule has 0 bridgehead atoms. The molecule has 0 amide bonds. The van der Waals surface area contributed by atoms with Crippen molar-refractivity contribution in [3.05, 3.63) is 18.0 Å². The number of anilines is 1. The van der Waals surface area contributed by atoms with E-state index in [2.05, 4.69) is 20.6 Å². The molecule has 0 unspecified atom stereocenters. The van der Waals surface area contributed by atoms with Gasteiger partial charge in [-0.15, -0.1) is 15.3 Å². The van der Waals surface area contributed by atoms with Crippen molar-refractivity contribution in [2.75, 3.05) is 18.5 Å². The van der Waals surface area contributed by atoms with Gasteiger partial charge in [-0.2, -0.15) is 4.52 Å². The van der Waals surface area contributed by atoms with Crippen LogP contribution in [-0.4, -0.2) is 39.1 Å². The molecule has 1 saturated carbocycles. The van der Waals surface area contributed by atoms with Gasteiger partial charge >= 0.3 is 0 Å². The van der Waals surface area contributed by atoms with E-state index in [1.807, 2.05) is 30.5 Å². The predicted octanol–water partition coefficient (Wildman–Crippen LogP) is 2.23. The molecule has 2 aromatic rings. The molecule has 0 aromatic carbocycles. The first-order chi connectivity index (χ1) is 9.74. The van der Waals surface area contributed by atoms with Crippen molar-refractivity contribution < 1.29 is 4.74 Å². The van der Waals surface area contributed by atoms with E-state index in [0.29, 0.717) is 12.0 Å². The quantitative estimate of drug-likeness (QED) is 0.785. The number of aromatic nitrogens is 4. The maximum atomic E-state index is 5.51. The third-order valence-electron chi connectivity index (χ3n) is 3.31. The minimum atomic E-state index is 0.294. The van der Waals surface area contributed by atoms with E-state index in [1.54, 1.807) is 0 Å². The number of hydrogen-bond acceptors (Lipinski definition) is 5. The fourth-order valence-electron chi connectivity index (χ4n) is 2.10. The molecule has 0 aliphatic heterocycles. The summed E-state index contributed by atoms with van der Waals surface area (Å²) in [6.45, 7) is 5.72. The highest BCUT2D eigenvalue weighted by Gasteiger charge is 2.29. The molecule has 3 rings (SSSR count). The van der Waals surface area contributed by atoms with Crippen LogP contribution in [0, 0.1) is 0 Å². The Labute approximate surface area is 118 Å². The topological polar surface area (TPSA) is 64.3 Å². The Balaban J connectivity index is 1.59. The molecule has 20 heavy (non-hydrogen) atoms. The highest BCUT2D eigenvalue weighted by molar-refractivity contribution is 5.44. The van der Waals surface area contributed by atoms with E-state index >= 15 is 0 Å². The smallest absolute Gasteiger partial charge is 0.178 e. The van der Waals surface area contributed by atoms with Crippen molar-refractivity contribution in [1.82, 2.24) is 19.8 Å². The molecular formula is C14H21N5O. The van der Waals surface area contributed by atoms with Crippen LogP contribution in [0.25, 0.3) is 5.65 Å². The molecule has 108 valence electrons. The SMILES string of the molecule is CC(C)OCCCNc1ccc2nnc(C3CC3)n2n1. The first-order valence-corrected chi connectivity index (χ1v) is 7.32. The Kier molecular flexibility index (Phi) is 3.82. The fraction of sp³-hybridized carbons (Fsp3) is 0.643. The predicted molar refractivity (Wildman–Crippen MR) is 77.0 cm³/mol. The van der Waals surface area contributed by atoms with Crippen LogP contribution in [0.15, 0.2) is 12.1 Å². The monoisotopic (exact) mass is 275 g/mol. The van der Waals surface area contributed by atoms with E-state index < -0.39 is 0 Å². The Morgan fingerprint density at radius 2 is 2.20 bits per heavy atom. The lowest BCUT2D eigenvalue weighted by atomic mass is 10.4. The number of nitrogens with one attached hydrogen (secondary N) is 1. The van der Waals surface area contributed by atoms with Crippen molar-refractivity contribution in [2.24, 2.45) is 0 Å². The summed E-state index contributed by atoms with van der Waals surface area (Å²) in [5.41, 5.74) is 0.820. The molecule has 6 nitrogen and oxygen atoms in total. The first-order valence-electron chi connectivity index (χ1n) is 7.32. The molecule has 0 atom stereocenters. The molecule has 0 saturated heterocycles. The van der Waals surface area contributed by atoms with Crippen LogP contribution in [0.1, 0.15) is 44.9 Å². The van der Waals surface area contributed by atoms with Crippen LogP contribution in [-0.2, 0) is 4.74 Å². The molecule has 2 heterocycles. The summed E-state index contributed by atoms with van der Waals surface area (Å²) in [4.78, 5) is 0. The highest BCUT2D eigenvalue weighted by atomic mass is 16.5. The van der Waals surface area contributed by atoms with Gasteiger partial charge in [0.05, 0.1) is 6.10 Å². The van der Waals surface area contributed by atoms with E-state index in [1.165, 1.54) is 12.8 Å². The van der Waals surface area contributed by atoms with Crippen LogP contribution in [0.3, 0.4) is 0 Å². The van der Waals surface area contributed by atoms with Gasteiger partial charge in [0.1, 0.15) is 5.82 Å². The van der Waals surface area contributed by atoms with Gasteiger partial charge in [-0.1, -0.05) is 0 Å². The van der Waals surface area contributed by atoms with Crippen LogP contribution < -0.4 is 5.32 Å². The third kappa shape index (κ3) is 3.07. The second-order valence-corrected chi connectivity index (χ2v) is 5.52. The lowest BCUT2D eigenvalue weighted by Gasteiger charge is -2.08. The number of rotatable bonds is 7. The molecule has 2 aromatic heterocycles. The summed E-state index contributed by atoms with van der Waals surface area (Å²) in [5, 5.41) is 16.3. The second kappa shape index (κ2) is 5.75. The minimum absolute atomic E-state index is 0.294. The lowest BCUT2D eigenvalue weighted by Crippen LogP contribution is -2.11. The van der Waals surface area contributed by atoms with Crippen LogP contribution in [0.2, 0.25) is 0 Å². The minimum Gasteiger partial charge on any atom is -0.379 e. The van der Waals surface area contributed by atoms with Crippen molar-refractivity contribution >= 4 is 11.5 Å². The fourth-order valence-corrected chi connectivity index (χ4v) is 2.10. The Morgan fingerprint density at radius 3 is 2.95 bits per heavy atom. The van der Waals surface area contributed by atoms with Gasteiger partial charge in [-0.25, -0.2) is 0 Å². The van der Waals surface area contributed by atoms with Crippen molar-refractivity contribution in [2.45, 2.75) is 45.1 Å². The zero-order valence-corrected chi connectivity index (χ0v) is 12.0. The van der Waals surface area contributed by atoms with Crippen molar-refractivity contribution in [3.63, 3.8) is 0 Å². The Bertz CT molecular complexity index is 576.